The molecule has 1 atom stereocenters. The minimum atomic E-state index is -0.00625. The number of nitrogens with zero attached hydrogens (tertiary/aromatic N) is 2. The van der Waals surface area contributed by atoms with Crippen LogP contribution in [0.25, 0.3) is 0 Å². The third kappa shape index (κ3) is 2.04. The van der Waals surface area contributed by atoms with Crippen LogP contribution in [-0.2, 0) is 5.41 Å². The van der Waals surface area contributed by atoms with Gasteiger partial charge in [-0.25, -0.2) is 9.97 Å². The fraction of sp³-hybridized carbons (Fsp3) is 0.600. The first kappa shape index (κ1) is 10.1. The predicted molar refractivity (Wildman–Crippen MR) is 53.5 cm³/mol. The van der Waals surface area contributed by atoms with Crippen LogP contribution in [0.4, 0.5) is 0 Å². The van der Waals surface area contributed by atoms with E-state index in [-0.39, 0.29) is 5.41 Å². The summed E-state index contributed by atoms with van der Waals surface area (Å²) in [5.41, 5.74) is 6.78. The lowest BCUT2D eigenvalue weighted by Gasteiger charge is -2.25. The summed E-state index contributed by atoms with van der Waals surface area (Å²) in [6.07, 6.45) is 2.79. The van der Waals surface area contributed by atoms with E-state index < -0.39 is 0 Å². The second-order valence-corrected chi connectivity index (χ2v) is 3.61. The molecule has 0 aliphatic carbocycles. The lowest BCUT2D eigenvalue weighted by molar-refractivity contribution is 0.451. The monoisotopic (exact) mass is 179 g/mol. The van der Waals surface area contributed by atoms with Crippen molar-refractivity contribution in [1.82, 2.24) is 9.97 Å². The Kier molecular flexibility index (Phi) is 2.98. The van der Waals surface area contributed by atoms with Gasteiger partial charge in [-0.3, -0.25) is 0 Å². The van der Waals surface area contributed by atoms with Gasteiger partial charge in [-0.1, -0.05) is 13.8 Å². The Morgan fingerprint density at radius 1 is 1.54 bits per heavy atom. The molecular weight excluding hydrogens is 162 g/mol. The van der Waals surface area contributed by atoms with Crippen molar-refractivity contribution in [1.29, 1.82) is 0 Å². The number of hydrogen-bond donors (Lipinski definition) is 1. The molecule has 1 aromatic rings. The fourth-order valence-corrected chi connectivity index (χ4v) is 1.22. The molecule has 13 heavy (non-hydrogen) atoms. The van der Waals surface area contributed by atoms with Gasteiger partial charge in [0.1, 0.15) is 5.82 Å². The Balaban J connectivity index is 3.05. The average molecular weight is 179 g/mol. The van der Waals surface area contributed by atoms with Crippen LogP contribution in [0, 0.1) is 6.92 Å². The summed E-state index contributed by atoms with van der Waals surface area (Å²) in [4.78, 5) is 8.47. The zero-order chi connectivity index (χ0) is 9.90. The number of nitrogens with two attached hydrogens (primary N) is 1. The maximum absolute atomic E-state index is 5.74. The quantitative estimate of drug-likeness (QED) is 0.763. The summed E-state index contributed by atoms with van der Waals surface area (Å²) in [7, 11) is 0. The van der Waals surface area contributed by atoms with Crippen molar-refractivity contribution in [2.75, 3.05) is 6.54 Å². The van der Waals surface area contributed by atoms with Gasteiger partial charge in [-0.2, -0.15) is 0 Å². The SMILES string of the molecule is CCC(C)(CN)c1ccnc(C)n1. The van der Waals surface area contributed by atoms with Crippen LogP contribution in [0.2, 0.25) is 0 Å². The largest absolute Gasteiger partial charge is 0.330 e. The molecule has 1 heterocycles. The van der Waals surface area contributed by atoms with Crippen molar-refractivity contribution in [2.24, 2.45) is 5.73 Å². The summed E-state index contributed by atoms with van der Waals surface area (Å²) in [5.74, 6) is 0.811. The highest BCUT2D eigenvalue weighted by atomic mass is 14.9. The van der Waals surface area contributed by atoms with Gasteiger partial charge in [-0.05, 0) is 19.4 Å². The van der Waals surface area contributed by atoms with Gasteiger partial charge < -0.3 is 5.73 Å². The second kappa shape index (κ2) is 3.83. The molecule has 0 bridgehead atoms. The maximum atomic E-state index is 5.74. The van der Waals surface area contributed by atoms with Gasteiger partial charge in [0.25, 0.3) is 0 Å². The van der Waals surface area contributed by atoms with Gasteiger partial charge in [-0.15, -0.1) is 0 Å². The Hall–Kier alpha value is -0.960. The minimum Gasteiger partial charge on any atom is -0.330 e. The van der Waals surface area contributed by atoms with Crippen LogP contribution >= 0.6 is 0 Å². The van der Waals surface area contributed by atoms with Crippen LogP contribution in [0.15, 0.2) is 12.3 Å². The fourth-order valence-electron chi connectivity index (χ4n) is 1.22. The molecule has 0 saturated carbocycles. The van der Waals surface area contributed by atoms with Crippen LogP contribution in [0.1, 0.15) is 31.8 Å². The van der Waals surface area contributed by atoms with E-state index in [1.807, 2.05) is 13.0 Å². The van der Waals surface area contributed by atoms with E-state index in [4.69, 9.17) is 5.73 Å². The van der Waals surface area contributed by atoms with Crippen molar-refractivity contribution in [3.8, 4) is 0 Å². The number of rotatable bonds is 3. The predicted octanol–water partition coefficient (Wildman–Crippen LogP) is 1.41. The summed E-state index contributed by atoms with van der Waals surface area (Å²) < 4.78 is 0. The van der Waals surface area contributed by atoms with E-state index >= 15 is 0 Å². The Bertz CT molecular complexity index is 279. The minimum absolute atomic E-state index is 0.00625. The number of aryl methyl sites for hydroxylation is 1. The van der Waals surface area contributed by atoms with E-state index in [0.29, 0.717) is 6.54 Å². The van der Waals surface area contributed by atoms with Crippen LogP contribution < -0.4 is 5.73 Å². The van der Waals surface area contributed by atoms with Gasteiger partial charge >= 0.3 is 0 Å². The van der Waals surface area contributed by atoms with E-state index in [1.54, 1.807) is 6.20 Å². The topological polar surface area (TPSA) is 51.8 Å². The molecule has 0 saturated heterocycles. The van der Waals surface area contributed by atoms with Crippen molar-refractivity contribution in [3.63, 3.8) is 0 Å². The van der Waals surface area contributed by atoms with Gasteiger partial charge in [0.2, 0.25) is 0 Å². The molecule has 0 spiro atoms. The van der Waals surface area contributed by atoms with Crippen LogP contribution in [0.5, 0.6) is 0 Å². The second-order valence-electron chi connectivity index (χ2n) is 3.61. The zero-order valence-electron chi connectivity index (χ0n) is 8.54. The van der Waals surface area contributed by atoms with Crippen molar-refractivity contribution >= 4 is 0 Å². The third-order valence-corrected chi connectivity index (χ3v) is 2.63. The zero-order valence-corrected chi connectivity index (χ0v) is 8.54. The summed E-state index contributed by atoms with van der Waals surface area (Å²) in [6.45, 7) is 6.79. The molecule has 2 N–H and O–H groups in total. The van der Waals surface area contributed by atoms with E-state index in [2.05, 4.69) is 23.8 Å². The summed E-state index contributed by atoms with van der Waals surface area (Å²) in [5, 5.41) is 0. The molecule has 0 aliphatic heterocycles. The number of aromatic nitrogens is 2. The Morgan fingerprint density at radius 3 is 2.69 bits per heavy atom. The van der Waals surface area contributed by atoms with E-state index in [1.165, 1.54) is 0 Å². The molecule has 72 valence electrons. The molecule has 3 nitrogen and oxygen atoms in total. The summed E-state index contributed by atoms with van der Waals surface area (Å²) >= 11 is 0. The maximum Gasteiger partial charge on any atom is 0.125 e. The first-order chi connectivity index (χ1) is 6.12. The molecule has 1 unspecified atom stereocenters. The van der Waals surface area contributed by atoms with Crippen molar-refractivity contribution in [3.05, 3.63) is 23.8 Å². The van der Waals surface area contributed by atoms with Gasteiger partial charge in [0, 0.05) is 18.2 Å². The molecule has 1 rings (SSSR count). The lowest BCUT2D eigenvalue weighted by atomic mass is 9.84. The number of hydrogen-bond acceptors (Lipinski definition) is 3. The summed E-state index contributed by atoms with van der Waals surface area (Å²) in [6, 6.07) is 1.95. The highest BCUT2D eigenvalue weighted by Gasteiger charge is 2.24. The van der Waals surface area contributed by atoms with Crippen LogP contribution in [0.3, 0.4) is 0 Å². The molecular formula is C10H17N3. The van der Waals surface area contributed by atoms with Gasteiger partial charge in [0.05, 0.1) is 5.69 Å². The molecule has 1 aromatic heterocycles. The highest BCUT2D eigenvalue weighted by molar-refractivity contribution is 5.15. The highest BCUT2D eigenvalue weighted by Crippen LogP contribution is 2.23. The molecule has 0 fully saturated rings. The Morgan fingerprint density at radius 2 is 2.23 bits per heavy atom. The van der Waals surface area contributed by atoms with Crippen molar-refractivity contribution in [2.45, 2.75) is 32.6 Å². The molecule has 0 aromatic carbocycles. The smallest absolute Gasteiger partial charge is 0.125 e. The standard InChI is InChI=1S/C10H17N3/c1-4-10(3,7-11)9-5-6-12-8(2)13-9/h5-6H,4,7,11H2,1-3H3. The first-order valence-corrected chi connectivity index (χ1v) is 4.62. The normalized spacial score (nSPS) is 15.4. The lowest BCUT2D eigenvalue weighted by Crippen LogP contribution is -2.32. The van der Waals surface area contributed by atoms with Crippen LogP contribution in [-0.4, -0.2) is 16.5 Å². The van der Waals surface area contributed by atoms with Gasteiger partial charge in [0.15, 0.2) is 0 Å². The first-order valence-electron chi connectivity index (χ1n) is 4.62. The average Bonchev–Trinajstić information content (AvgIpc) is 2.17. The molecule has 3 heteroatoms. The molecule has 0 amide bonds. The van der Waals surface area contributed by atoms with Crippen molar-refractivity contribution < 1.29 is 0 Å². The molecule has 0 radical (unpaired) electrons. The van der Waals surface area contributed by atoms with E-state index in [9.17, 15) is 0 Å². The Labute approximate surface area is 79.4 Å². The van der Waals surface area contributed by atoms with E-state index in [0.717, 1.165) is 17.9 Å². The molecule has 0 aliphatic rings. The third-order valence-electron chi connectivity index (χ3n) is 2.63.